The molecule has 0 aliphatic heterocycles. The molecule has 10 nitrogen and oxygen atoms in total. The molecule has 0 bridgehead atoms. The van der Waals surface area contributed by atoms with E-state index in [-0.39, 0.29) is 56.4 Å². The molecule has 0 saturated carbocycles. The predicted octanol–water partition coefficient (Wildman–Crippen LogP) is 5.14. The number of nitrogens with one attached hydrogen (secondary N) is 1. The normalized spacial score (nSPS) is 11.5. The van der Waals surface area contributed by atoms with Crippen LogP contribution in [0.15, 0.2) is 18.2 Å². The summed E-state index contributed by atoms with van der Waals surface area (Å²) in [6.07, 6.45) is 5.10. The van der Waals surface area contributed by atoms with E-state index < -0.39 is 30.1 Å². The highest BCUT2D eigenvalue weighted by Gasteiger charge is 2.22. The number of rotatable bonds is 19. The van der Waals surface area contributed by atoms with Gasteiger partial charge in [-0.25, -0.2) is 4.79 Å². The number of esters is 3. The topological polar surface area (TPSA) is 126 Å². The Morgan fingerprint density at radius 1 is 0.846 bits per heavy atom. The molecule has 0 unspecified atom stereocenters. The van der Waals surface area contributed by atoms with E-state index in [1.807, 2.05) is 27.7 Å². The number of carbonyl (C=O) groups is 4. The van der Waals surface area contributed by atoms with Gasteiger partial charge in [-0.05, 0) is 42.9 Å². The number of methoxy groups -OCH3 is 1. The average Bonchev–Trinajstić information content (AvgIpc) is 2.90. The molecule has 220 valence electrons. The highest BCUT2D eigenvalue weighted by atomic mass is 16.7. The molecule has 0 radical (unpaired) electrons. The van der Waals surface area contributed by atoms with Crippen molar-refractivity contribution >= 4 is 24.1 Å². The summed E-state index contributed by atoms with van der Waals surface area (Å²) in [5.41, 5.74) is 0.650. The van der Waals surface area contributed by atoms with Crippen LogP contribution in [0.5, 0.6) is 11.5 Å². The van der Waals surface area contributed by atoms with Crippen LogP contribution in [0.4, 0.5) is 4.79 Å². The van der Waals surface area contributed by atoms with Crippen molar-refractivity contribution in [1.82, 2.24) is 5.32 Å². The van der Waals surface area contributed by atoms with Crippen molar-refractivity contribution in [2.75, 3.05) is 26.9 Å². The lowest BCUT2D eigenvalue weighted by molar-refractivity contribution is -0.143. The zero-order valence-electron chi connectivity index (χ0n) is 24.0. The number of unbranched alkanes of at least 4 members (excludes halogenated alkanes) is 4. The molecule has 0 amide bonds. The fourth-order valence-corrected chi connectivity index (χ4v) is 3.49. The summed E-state index contributed by atoms with van der Waals surface area (Å²) in [7, 11) is 1.28. The van der Waals surface area contributed by atoms with Crippen LogP contribution < -0.4 is 14.8 Å². The molecule has 0 aromatic heterocycles. The Kier molecular flexibility index (Phi) is 17.3. The zero-order valence-corrected chi connectivity index (χ0v) is 24.0. The van der Waals surface area contributed by atoms with Gasteiger partial charge in [-0.15, -0.1) is 0 Å². The van der Waals surface area contributed by atoms with Crippen molar-refractivity contribution in [2.24, 2.45) is 5.92 Å². The largest absolute Gasteiger partial charge is 0.508 e. The summed E-state index contributed by atoms with van der Waals surface area (Å²) < 4.78 is 26.0. The minimum absolute atomic E-state index is 0.00202. The first-order valence-corrected chi connectivity index (χ1v) is 13.8. The third kappa shape index (κ3) is 15.1. The molecule has 0 fully saturated rings. The second-order valence-corrected chi connectivity index (χ2v) is 9.68. The monoisotopic (exact) mass is 551 g/mol. The lowest BCUT2D eigenvalue weighted by atomic mass is 10.0. The van der Waals surface area contributed by atoms with Gasteiger partial charge in [-0.2, -0.15) is 0 Å². The van der Waals surface area contributed by atoms with Gasteiger partial charge >= 0.3 is 24.1 Å². The fraction of sp³-hybridized carbons (Fsp3) is 0.655. The molecular formula is C29H45NO9. The Balaban J connectivity index is 2.91. The van der Waals surface area contributed by atoms with Gasteiger partial charge in [0.05, 0.1) is 13.7 Å². The molecular weight excluding hydrogens is 506 g/mol. The van der Waals surface area contributed by atoms with Crippen LogP contribution in [-0.2, 0) is 35.0 Å². The van der Waals surface area contributed by atoms with Gasteiger partial charge in [0.2, 0.25) is 0 Å². The van der Waals surface area contributed by atoms with E-state index in [9.17, 15) is 19.2 Å². The van der Waals surface area contributed by atoms with Crippen LogP contribution >= 0.6 is 0 Å². The van der Waals surface area contributed by atoms with E-state index in [1.165, 1.54) is 7.11 Å². The summed E-state index contributed by atoms with van der Waals surface area (Å²) in [4.78, 5) is 48.8. The fourth-order valence-electron chi connectivity index (χ4n) is 3.49. The van der Waals surface area contributed by atoms with Gasteiger partial charge in [0.15, 0.2) is 11.5 Å². The van der Waals surface area contributed by atoms with Crippen LogP contribution in [0, 0.1) is 5.92 Å². The summed E-state index contributed by atoms with van der Waals surface area (Å²) in [6.45, 7) is 8.36. The standard InChI is InChI=1S/C29H45NO9/c1-6-8-10-12-26(31)38-24-15-14-22(19-25(24)39-27(32)13-11-9-7-2)18-23(28(33)35-5)30-16-17-36-29(34)37-20-21(3)4/h14-15,19,21,23,30H,6-13,16-18,20H2,1-5H3/t23-/m0/s1. The highest BCUT2D eigenvalue weighted by molar-refractivity contribution is 5.77. The zero-order chi connectivity index (χ0) is 29.0. The van der Waals surface area contributed by atoms with Crippen LogP contribution in [-0.4, -0.2) is 57.0 Å². The molecule has 39 heavy (non-hydrogen) atoms. The lowest BCUT2D eigenvalue weighted by Crippen LogP contribution is -2.41. The maximum atomic E-state index is 12.4. The SMILES string of the molecule is CCCCCC(=O)Oc1ccc(C[C@H](NCCOC(=O)OCC(C)C)C(=O)OC)cc1OC(=O)CCCCC. The van der Waals surface area contributed by atoms with Gasteiger partial charge in [-0.1, -0.05) is 59.4 Å². The summed E-state index contributed by atoms with van der Waals surface area (Å²) in [5.74, 6) is -0.871. The molecule has 0 spiro atoms. The molecule has 1 aromatic rings. The minimum Gasteiger partial charge on any atom is -0.468 e. The summed E-state index contributed by atoms with van der Waals surface area (Å²) >= 11 is 0. The van der Waals surface area contributed by atoms with Gasteiger partial charge in [0.25, 0.3) is 0 Å². The van der Waals surface area contributed by atoms with Crippen molar-refractivity contribution in [1.29, 1.82) is 0 Å². The van der Waals surface area contributed by atoms with E-state index in [4.69, 9.17) is 23.7 Å². The van der Waals surface area contributed by atoms with Gasteiger partial charge < -0.3 is 29.0 Å². The summed E-state index contributed by atoms with van der Waals surface area (Å²) in [6, 6.07) is 4.08. The van der Waals surface area contributed by atoms with Gasteiger partial charge in [0, 0.05) is 19.4 Å². The van der Waals surface area contributed by atoms with Crippen molar-refractivity contribution in [3.8, 4) is 11.5 Å². The maximum absolute atomic E-state index is 12.4. The molecule has 1 rings (SSSR count). The highest BCUT2D eigenvalue weighted by Crippen LogP contribution is 2.30. The third-order valence-corrected chi connectivity index (χ3v) is 5.60. The van der Waals surface area contributed by atoms with Gasteiger partial charge in [-0.3, -0.25) is 14.4 Å². The van der Waals surface area contributed by atoms with Crippen molar-refractivity contribution in [3.05, 3.63) is 23.8 Å². The van der Waals surface area contributed by atoms with E-state index in [1.54, 1.807) is 18.2 Å². The quantitative estimate of drug-likeness (QED) is 0.140. The Bertz CT molecular complexity index is 901. The Morgan fingerprint density at radius 2 is 1.46 bits per heavy atom. The Morgan fingerprint density at radius 3 is 2.03 bits per heavy atom. The van der Waals surface area contributed by atoms with Crippen LogP contribution in [0.3, 0.4) is 0 Å². The first-order chi connectivity index (χ1) is 18.7. The smallest absolute Gasteiger partial charge is 0.468 e. The number of hydrogen-bond acceptors (Lipinski definition) is 10. The number of carbonyl (C=O) groups excluding carboxylic acids is 4. The molecule has 0 aliphatic carbocycles. The number of hydrogen-bond donors (Lipinski definition) is 1. The lowest BCUT2D eigenvalue weighted by Gasteiger charge is -2.18. The first kappa shape index (κ1) is 33.9. The second-order valence-electron chi connectivity index (χ2n) is 9.68. The minimum atomic E-state index is -0.773. The molecule has 1 atom stereocenters. The number of benzene rings is 1. The van der Waals surface area contributed by atoms with Crippen molar-refractivity contribution in [2.45, 2.75) is 91.5 Å². The molecule has 0 heterocycles. The van der Waals surface area contributed by atoms with E-state index >= 15 is 0 Å². The molecule has 1 N–H and O–H groups in total. The van der Waals surface area contributed by atoms with E-state index in [2.05, 4.69) is 5.32 Å². The van der Waals surface area contributed by atoms with Crippen LogP contribution in [0.2, 0.25) is 0 Å². The van der Waals surface area contributed by atoms with Crippen molar-refractivity contribution < 1.29 is 42.9 Å². The van der Waals surface area contributed by atoms with E-state index in [0.717, 1.165) is 25.7 Å². The predicted molar refractivity (Wildman–Crippen MR) is 146 cm³/mol. The molecule has 1 aromatic carbocycles. The maximum Gasteiger partial charge on any atom is 0.508 e. The molecule has 0 aliphatic rings. The summed E-state index contributed by atoms with van der Waals surface area (Å²) in [5, 5.41) is 3.01. The van der Waals surface area contributed by atoms with Gasteiger partial charge in [0.1, 0.15) is 12.6 Å². The molecule has 10 heteroatoms. The van der Waals surface area contributed by atoms with Crippen LogP contribution in [0.25, 0.3) is 0 Å². The average molecular weight is 552 g/mol. The van der Waals surface area contributed by atoms with E-state index in [0.29, 0.717) is 18.4 Å². The van der Waals surface area contributed by atoms with Crippen LogP contribution in [0.1, 0.15) is 84.6 Å². The Hall–Kier alpha value is -3.14. The first-order valence-electron chi connectivity index (χ1n) is 13.8. The number of ether oxygens (including phenoxy) is 5. The second kappa shape index (κ2) is 19.9. The Labute approximate surface area is 232 Å². The van der Waals surface area contributed by atoms with Crippen molar-refractivity contribution in [3.63, 3.8) is 0 Å². The molecule has 0 saturated heterocycles. The third-order valence-electron chi connectivity index (χ3n) is 5.60.